The molecule has 0 unspecified atom stereocenters. The van der Waals surface area contributed by atoms with Crippen LogP contribution in [0.25, 0.3) is 0 Å². The highest BCUT2D eigenvalue weighted by atomic mass is 35.5. The van der Waals surface area contributed by atoms with E-state index in [1.807, 2.05) is 13.8 Å². The van der Waals surface area contributed by atoms with E-state index in [1.54, 1.807) is 4.90 Å². The Morgan fingerprint density at radius 3 is 2.65 bits per heavy atom. The molecule has 6 nitrogen and oxygen atoms in total. The third-order valence-corrected chi connectivity index (χ3v) is 3.18. The summed E-state index contributed by atoms with van der Waals surface area (Å²) in [7, 11) is 0. The molecule has 0 spiro atoms. The molecule has 0 saturated carbocycles. The van der Waals surface area contributed by atoms with E-state index in [-0.39, 0.29) is 30.4 Å². The Hall–Kier alpha value is -1.53. The van der Waals surface area contributed by atoms with Gasteiger partial charge in [0.15, 0.2) is 6.61 Å². The first-order valence-corrected chi connectivity index (χ1v) is 6.77. The van der Waals surface area contributed by atoms with Crippen molar-refractivity contribution in [3.63, 3.8) is 0 Å². The van der Waals surface area contributed by atoms with Gasteiger partial charge in [0.1, 0.15) is 5.69 Å². The quantitative estimate of drug-likeness (QED) is 0.858. The lowest BCUT2D eigenvalue weighted by Crippen LogP contribution is -2.49. The first kappa shape index (κ1) is 14.9. The van der Waals surface area contributed by atoms with E-state index in [4.69, 9.17) is 21.1 Å². The number of ether oxygens (including phenoxy) is 2. The standard InChI is InChI=1S/C13H17ClN2O4/c1-8-5-16(6-9(2)20-8)12(17)7-19-13(18)11-3-10(14)4-15-11/h3-4,8-9,15H,5-7H2,1-2H3/t8-,9-/m1/s1. The molecule has 1 saturated heterocycles. The third kappa shape index (κ3) is 3.74. The molecule has 2 rings (SSSR count). The van der Waals surface area contributed by atoms with Crippen LogP contribution >= 0.6 is 11.6 Å². The van der Waals surface area contributed by atoms with Gasteiger partial charge in [-0.2, -0.15) is 0 Å². The summed E-state index contributed by atoms with van der Waals surface area (Å²) >= 11 is 5.69. The summed E-state index contributed by atoms with van der Waals surface area (Å²) in [5.41, 5.74) is 0.228. The van der Waals surface area contributed by atoms with Crippen LogP contribution in [0.15, 0.2) is 12.3 Å². The van der Waals surface area contributed by atoms with E-state index >= 15 is 0 Å². The highest BCUT2D eigenvalue weighted by Gasteiger charge is 2.26. The fourth-order valence-corrected chi connectivity index (χ4v) is 2.33. The van der Waals surface area contributed by atoms with Crippen LogP contribution in [0, 0.1) is 0 Å². The van der Waals surface area contributed by atoms with Crippen LogP contribution in [0.3, 0.4) is 0 Å². The maximum absolute atomic E-state index is 12.0. The Kier molecular flexibility index (Phi) is 4.67. The number of esters is 1. The number of H-pyrrole nitrogens is 1. The van der Waals surface area contributed by atoms with Crippen molar-refractivity contribution in [3.05, 3.63) is 23.0 Å². The number of amides is 1. The number of morpholine rings is 1. The number of hydrogen-bond donors (Lipinski definition) is 1. The topological polar surface area (TPSA) is 71.6 Å². The van der Waals surface area contributed by atoms with Crippen molar-refractivity contribution in [2.45, 2.75) is 26.1 Å². The van der Waals surface area contributed by atoms with Gasteiger partial charge in [0.25, 0.3) is 5.91 Å². The van der Waals surface area contributed by atoms with Gasteiger partial charge < -0.3 is 19.4 Å². The zero-order chi connectivity index (χ0) is 14.7. The van der Waals surface area contributed by atoms with Crippen molar-refractivity contribution < 1.29 is 19.1 Å². The Morgan fingerprint density at radius 1 is 1.45 bits per heavy atom. The molecule has 1 aromatic rings. The SMILES string of the molecule is C[C@@H]1CN(C(=O)COC(=O)c2cc(Cl)c[nH]2)C[C@@H](C)O1. The number of carbonyl (C=O) groups excluding carboxylic acids is 2. The Morgan fingerprint density at radius 2 is 2.10 bits per heavy atom. The van der Waals surface area contributed by atoms with Crippen LogP contribution < -0.4 is 0 Å². The number of aromatic amines is 1. The molecule has 7 heteroatoms. The monoisotopic (exact) mass is 300 g/mol. The second-order valence-corrected chi connectivity index (χ2v) is 5.30. The van der Waals surface area contributed by atoms with Crippen molar-refractivity contribution >= 4 is 23.5 Å². The predicted molar refractivity (Wildman–Crippen MR) is 72.7 cm³/mol. The summed E-state index contributed by atoms with van der Waals surface area (Å²) < 4.78 is 10.5. The Labute approximate surface area is 122 Å². The Balaban J connectivity index is 1.84. The van der Waals surface area contributed by atoms with Crippen molar-refractivity contribution in [1.29, 1.82) is 0 Å². The number of rotatable bonds is 3. The lowest BCUT2D eigenvalue weighted by Gasteiger charge is -2.35. The zero-order valence-electron chi connectivity index (χ0n) is 11.4. The second-order valence-electron chi connectivity index (χ2n) is 4.86. The molecule has 20 heavy (non-hydrogen) atoms. The molecule has 1 aliphatic rings. The highest BCUT2D eigenvalue weighted by molar-refractivity contribution is 6.30. The number of nitrogens with zero attached hydrogens (tertiary/aromatic N) is 1. The van der Waals surface area contributed by atoms with Gasteiger partial charge in [-0.15, -0.1) is 0 Å². The van der Waals surface area contributed by atoms with Crippen LogP contribution in [0.1, 0.15) is 24.3 Å². The molecule has 0 radical (unpaired) electrons. The molecule has 1 N–H and O–H groups in total. The Bertz CT molecular complexity index is 492. The average molecular weight is 301 g/mol. The van der Waals surface area contributed by atoms with Gasteiger partial charge in [0, 0.05) is 19.3 Å². The van der Waals surface area contributed by atoms with Gasteiger partial charge in [-0.25, -0.2) is 4.79 Å². The van der Waals surface area contributed by atoms with Gasteiger partial charge in [-0.05, 0) is 19.9 Å². The second kappa shape index (κ2) is 6.28. The van der Waals surface area contributed by atoms with Crippen molar-refractivity contribution in [1.82, 2.24) is 9.88 Å². The van der Waals surface area contributed by atoms with Crippen LogP contribution in [-0.2, 0) is 14.3 Å². The summed E-state index contributed by atoms with van der Waals surface area (Å²) in [6, 6.07) is 1.45. The number of aromatic nitrogens is 1. The van der Waals surface area contributed by atoms with Gasteiger partial charge in [0.2, 0.25) is 0 Å². The first-order chi connectivity index (χ1) is 9.45. The summed E-state index contributed by atoms with van der Waals surface area (Å²) in [4.78, 5) is 28.0. The summed E-state index contributed by atoms with van der Waals surface area (Å²) in [5, 5.41) is 0.416. The largest absolute Gasteiger partial charge is 0.451 e. The van der Waals surface area contributed by atoms with Crippen LogP contribution in [-0.4, -0.2) is 53.7 Å². The number of nitrogens with one attached hydrogen (secondary N) is 1. The van der Waals surface area contributed by atoms with Gasteiger partial charge in [0.05, 0.1) is 17.2 Å². The molecule has 2 heterocycles. The van der Waals surface area contributed by atoms with E-state index in [1.165, 1.54) is 12.3 Å². The normalized spacial score (nSPS) is 22.6. The van der Waals surface area contributed by atoms with Crippen LogP contribution in [0.2, 0.25) is 5.02 Å². The van der Waals surface area contributed by atoms with E-state index < -0.39 is 5.97 Å². The van der Waals surface area contributed by atoms with Crippen molar-refractivity contribution in [2.75, 3.05) is 19.7 Å². The maximum Gasteiger partial charge on any atom is 0.355 e. The fraction of sp³-hybridized carbons (Fsp3) is 0.538. The molecule has 0 aromatic carbocycles. The molecule has 1 aliphatic heterocycles. The van der Waals surface area contributed by atoms with Crippen LogP contribution in [0.4, 0.5) is 0 Å². The predicted octanol–water partition coefficient (Wildman–Crippen LogP) is 1.46. The van der Waals surface area contributed by atoms with Crippen molar-refractivity contribution in [2.24, 2.45) is 0 Å². The van der Waals surface area contributed by atoms with Gasteiger partial charge in [-0.3, -0.25) is 4.79 Å². The molecule has 1 amide bonds. The van der Waals surface area contributed by atoms with E-state index in [2.05, 4.69) is 4.98 Å². The smallest absolute Gasteiger partial charge is 0.355 e. The summed E-state index contributed by atoms with van der Waals surface area (Å²) in [6.45, 7) is 4.55. The minimum Gasteiger partial charge on any atom is -0.451 e. The van der Waals surface area contributed by atoms with E-state index in [0.717, 1.165) is 0 Å². The minimum atomic E-state index is -0.598. The molecule has 110 valence electrons. The highest BCUT2D eigenvalue weighted by Crippen LogP contribution is 2.12. The molecule has 0 bridgehead atoms. The number of carbonyl (C=O) groups is 2. The van der Waals surface area contributed by atoms with E-state index in [0.29, 0.717) is 18.1 Å². The van der Waals surface area contributed by atoms with E-state index in [9.17, 15) is 9.59 Å². The van der Waals surface area contributed by atoms with Gasteiger partial charge in [-0.1, -0.05) is 11.6 Å². The summed E-state index contributed by atoms with van der Waals surface area (Å²) in [6.07, 6.45) is 1.45. The molecule has 1 aromatic heterocycles. The first-order valence-electron chi connectivity index (χ1n) is 6.40. The average Bonchev–Trinajstić information content (AvgIpc) is 2.81. The third-order valence-electron chi connectivity index (χ3n) is 2.97. The number of halogens is 1. The number of hydrogen-bond acceptors (Lipinski definition) is 4. The molecule has 1 fully saturated rings. The molecular weight excluding hydrogens is 284 g/mol. The zero-order valence-corrected chi connectivity index (χ0v) is 12.1. The fourth-order valence-electron chi connectivity index (χ4n) is 2.16. The lowest BCUT2D eigenvalue weighted by atomic mass is 10.2. The van der Waals surface area contributed by atoms with Crippen LogP contribution in [0.5, 0.6) is 0 Å². The summed E-state index contributed by atoms with van der Waals surface area (Å²) in [5.74, 6) is -0.822. The van der Waals surface area contributed by atoms with Crippen molar-refractivity contribution in [3.8, 4) is 0 Å². The van der Waals surface area contributed by atoms with Gasteiger partial charge >= 0.3 is 5.97 Å². The lowest BCUT2D eigenvalue weighted by molar-refractivity contribution is -0.146. The minimum absolute atomic E-state index is 0.0133. The molecule has 0 aliphatic carbocycles. The molecular formula is C13H17ClN2O4. The maximum atomic E-state index is 12.0. The molecule has 2 atom stereocenters.